The second kappa shape index (κ2) is 11.2. The van der Waals surface area contributed by atoms with Crippen molar-refractivity contribution < 1.29 is 27.5 Å². The highest BCUT2D eigenvalue weighted by Crippen LogP contribution is 2.34. The van der Waals surface area contributed by atoms with Gasteiger partial charge in [-0.05, 0) is 36.6 Å². The lowest BCUT2D eigenvalue weighted by atomic mass is 10.1. The van der Waals surface area contributed by atoms with E-state index in [0.717, 1.165) is 18.3 Å². The topological polar surface area (TPSA) is 141 Å². The van der Waals surface area contributed by atoms with Gasteiger partial charge < -0.3 is 20.7 Å². The van der Waals surface area contributed by atoms with E-state index in [9.17, 15) is 22.8 Å². The van der Waals surface area contributed by atoms with E-state index >= 15 is 0 Å². The van der Waals surface area contributed by atoms with Crippen molar-refractivity contribution in [2.24, 2.45) is 0 Å². The highest BCUT2D eigenvalue weighted by Gasteiger charge is 2.32. The van der Waals surface area contributed by atoms with Crippen LogP contribution >= 0.6 is 0 Å². The molecule has 3 aromatic heterocycles. The molecule has 5 rings (SSSR count). The summed E-state index contributed by atoms with van der Waals surface area (Å²) in [4.78, 5) is 39.1. The van der Waals surface area contributed by atoms with Crippen molar-refractivity contribution in [2.45, 2.75) is 18.6 Å². The number of rotatable bonds is 5. The van der Waals surface area contributed by atoms with Crippen LogP contribution in [0, 0.1) is 11.8 Å². The monoisotopic (exact) mass is 564 g/mol. The van der Waals surface area contributed by atoms with Crippen molar-refractivity contribution in [3.8, 4) is 23.1 Å². The van der Waals surface area contributed by atoms with Crippen molar-refractivity contribution in [2.75, 3.05) is 37.9 Å². The Bertz CT molecular complexity index is 1680. The van der Waals surface area contributed by atoms with Crippen LogP contribution in [0.3, 0.4) is 0 Å². The molecule has 3 N–H and O–H groups in total. The zero-order valence-electron chi connectivity index (χ0n) is 21.6. The Balaban J connectivity index is 1.39. The first-order chi connectivity index (χ1) is 19.7. The lowest BCUT2D eigenvalue weighted by Crippen LogP contribution is -2.28. The number of aromatic nitrogens is 5. The van der Waals surface area contributed by atoms with Gasteiger partial charge in [0.2, 0.25) is 0 Å². The van der Waals surface area contributed by atoms with Crippen LogP contribution in [0.2, 0.25) is 0 Å². The van der Waals surface area contributed by atoms with Crippen LogP contribution in [0.1, 0.15) is 28.4 Å². The third kappa shape index (κ3) is 5.80. The summed E-state index contributed by atoms with van der Waals surface area (Å²) in [5.74, 6) is 4.28. The van der Waals surface area contributed by atoms with Crippen molar-refractivity contribution in [1.82, 2.24) is 29.6 Å². The molecule has 0 aliphatic carbocycles. The van der Waals surface area contributed by atoms with Gasteiger partial charge >= 0.3 is 6.18 Å². The Morgan fingerprint density at radius 3 is 2.68 bits per heavy atom. The molecule has 1 aliphatic rings. The number of hydrogen-bond donors (Lipinski definition) is 2. The SMILES string of the molecule is COCC#CC(=O)N1CCC(n2nc(-c3ccc(C(=O)Nc4cc(C(F)(F)F)ccn4)cc3)c3c(N)ncnc32)C1. The molecule has 0 bridgehead atoms. The van der Waals surface area contributed by atoms with Crippen LogP contribution in [-0.2, 0) is 15.7 Å². The number of carbonyl (C=O) groups is 2. The van der Waals surface area contributed by atoms with E-state index in [1.54, 1.807) is 21.7 Å². The van der Waals surface area contributed by atoms with E-state index < -0.39 is 17.6 Å². The number of halogens is 3. The van der Waals surface area contributed by atoms with Crippen LogP contribution in [0.4, 0.5) is 24.8 Å². The summed E-state index contributed by atoms with van der Waals surface area (Å²) in [5, 5.41) is 7.67. The van der Waals surface area contributed by atoms with Gasteiger partial charge in [-0.25, -0.2) is 19.6 Å². The van der Waals surface area contributed by atoms with Crippen LogP contribution in [0.5, 0.6) is 0 Å². The number of nitrogen functional groups attached to an aromatic ring is 1. The van der Waals surface area contributed by atoms with Crippen LogP contribution in [0.15, 0.2) is 48.9 Å². The Morgan fingerprint density at radius 2 is 1.95 bits per heavy atom. The minimum Gasteiger partial charge on any atom is -0.383 e. The summed E-state index contributed by atoms with van der Waals surface area (Å²) in [5.41, 5.74) is 7.07. The predicted molar refractivity (Wildman–Crippen MR) is 142 cm³/mol. The molecule has 14 heteroatoms. The number of benzene rings is 1. The molecule has 210 valence electrons. The number of amides is 2. The molecule has 4 aromatic rings. The van der Waals surface area contributed by atoms with E-state index in [-0.39, 0.29) is 35.8 Å². The Hall–Kier alpha value is -5.03. The highest BCUT2D eigenvalue weighted by molar-refractivity contribution is 6.04. The van der Waals surface area contributed by atoms with Gasteiger partial charge in [-0.3, -0.25) is 9.59 Å². The largest absolute Gasteiger partial charge is 0.416 e. The van der Waals surface area contributed by atoms with E-state index in [1.807, 2.05) is 0 Å². The van der Waals surface area contributed by atoms with Gasteiger partial charge in [0.15, 0.2) is 5.65 Å². The molecule has 0 saturated carbocycles. The number of fused-ring (bicyclic) bond motifs is 1. The fraction of sp³-hybridized carbons (Fsp3) is 0.259. The van der Waals surface area contributed by atoms with E-state index in [0.29, 0.717) is 41.8 Å². The van der Waals surface area contributed by atoms with Crippen molar-refractivity contribution in [3.05, 3.63) is 60.0 Å². The van der Waals surface area contributed by atoms with Gasteiger partial charge in [0.1, 0.15) is 30.3 Å². The number of pyridine rings is 1. The molecule has 0 spiro atoms. The molecule has 1 aromatic carbocycles. The van der Waals surface area contributed by atoms with E-state index in [4.69, 9.17) is 15.6 Å². The lowest BCUT2D eigenvalue weighted by molar-refractivity contribution is -0.137. The fourth-order valence-corrected chi connectivity index (χ4v) is 4.48. The molecule has 1 saturated heterocycles. The van der Waals surface area contributed by atoms with Gasteiger partial charge in [0.05, 0.1) is 17.0 Å². The molecular weight excluding hydrogens is 541 g/mol. The smallest absolute Gasteiger partial charge is 0.383 e. The third-order valence-corrected chi connectivity index (χ3v) is 6.48. The molecular formula is C27H23F3N8O3. The fourth-order valence-electron chi connectivity index (χ4n) is 4.48. The average molecular weight is 565 g/mol. The van der Waals surface area contributed by atoms with E-state index in [2.05, 4.69) is 32.1 Å². The second-order valence-electron chi connectivity index (χ2n) is 9.14. The summed E-state index contributed by atoms with van der Waals surface area (Å²) < 4.78 is 45.6. The number of methoxy groups -OCH3 is 1. The number of carbonyl (C=O) groups excluding carboxylic acids is 2. The molecule has 1 fully saturated rings. The number of nitrogens with two attached hydrogens (primary N) is 1. The number of alkyl halides is 3. The number of anilines is 2. The third-order valence-electron chi connectivity index (χ3n) is 6.48. The Kier molecular flexibility index (Phi) is 7.54. The predicted octanol–water partition coefficient (Wildman–Crippen LogP) is 3.16. The summed E-state index contributed by atoms with van der Waals surface area (Å²) in [6, 6.07) is 7.71. The number of nitrogens with zero attached hydrogens (tertiary/aromatic N) is 6. The van der Waals surface area contributed by atoms with Gasteiger partial charge in [-0.1, -0.05) is 18.1 Å². The Labute approximate surface area is 231 Å². The lowest BCUT2D eigenvalue weighted by Gasteiger charge is -2.14. The van der Waals surface area contributed by atoms with Crippen LogP contribution in [0.25, 0.3) is 22.3 Å². The standard InChI is InChI=1S/C27H23F3N8O3/c1-41-12-2-3-21(39)37-11-9-19(14-37)38-25-22(24(31)33-15-34-25)23(36-38)16-4-6-17(7-5-16)26(40)35-20-13-18(8-10-32-20)27(28,29)30/h4-8,10,13,15,19H,9,11-12,14H2,1H3,(H2,31,33,34)(H,32,35,40). The van der Waals surface area contributed by atoms with E-state index in [1.165, 1.54) is 25.6 Å². The van der Waals surface area contributed by atoms with Gasteiger partial charge in [0, 0.05) is 37.5 Å². The maximum atomic E-state index is 13.0. The second-order valence-corrected chi connectivity index (χ2v) is 9.14. The maximum Gasteiger partial charge on any atom is 0.416 e. The number of hydrogen-bond acceptors (Lipinski definition) is 8. The highest BCUT2D eigenvalue weighted by atomic mass is 19.4. The molecule has 0 radical (unpaired) electrons. The summed E-state index contributed by atoms with van der Waals surface area (Å²) in [6.45, 7) is 1.03. The molecule has 1 atom stereocenters. The van der Waals surface area contributed by atoms with Gasteiger partial charge in [-0.2, -0.15) is 18.3 Å². The summed E-state index contributed by atoms with van der Waals surface area (Å²) >= 11 is 0. The summed E-state index contributed by atoms with van der Waals surface area (Å²) in [6.07, 6.45) is -1.63. The molecule has 41 heavy (non-hydrogen) atoms. The zero-order valence-corrected chi connectivity index (χ0v) is 21.6. The van der Waals surface area contributed by atoms with Crippen molar-refractivity contribution in [1.29, 1.82) is 0 Å². The normalized spacial score (nSPS) is 15.0. The molecule has 2 amide bonds. The molecule has 1 aliphatic heterocycles. The number of nitrogens with one attached hydrogen (secondary N) is 1. The first kappa shape index (κ1) is 27.5. The van der Waals surface area contributed by atoms with Crippen molar-refractivity contribution >= 4 is 34.5 Å². The number of ether oxygens (including phenoxy) is 1. The van der Waals surface area contributed by atoms with Crippen LogP contribution < -0.4 is 11.1 Å². The van der Waals surface area contributed by atoms with Gasteiger partial charge in [0.25, 0.3) is 11.8 Å². The minimum atomic E-state index is -4.56. The molecule has 11 nitrogen and oxygen atoms in total. The average Bonchev–Trinajstić information content (AvgIpc) is 3.59. The molecule has 4 heterocycles. The summed E-state index contributed by atoms with van der Waals surface area (Å²) in [7, 11) is 1.50. The Morgan fingerprint density at radius 1 is 1.17 bits per heavy atom. The van der Waals surface area contributed by atoms with Gasteiger partial charge in [-0.15, -0.1) is 0 Å². The zero-order chi connectivity index (χ0) is 29.1. The molecule has 1 unspecified atom stereocenters. The first-order valence-corrected chi connectivity index (χ1v) is 12.4. The quantitative estimate of drug-likeness (QED) is 0.352. The number of likely N-dealkylation sites (tertiary alicyclic amines) is 1. The van der Waals surface area contributed by atoms with Crippen LogP contribution in [-0.4, -0.2) is 68.3 Å². The first-order valence-electron chi connectivity index (χ1n) is 12.4. The minimum absolute atomic E-state index is 0.162. The van der Waals surface area contributed by atoms with Crippen molar-refractivity contribution in [3.63, 3.8) is 0 Å². The maximum absolute atomic E-state index is 13.0.